The quantitative estimate of drug-likeness (QED) is 0.848. The number of aryl methyl sites for hydroxylation is 2. The molecule has 1 unspecified atom stereocenters. The van der Waals surface area contributed by atoms with Crippen molar-refractivity contribution in [2.24, 2.45) is 0 Å². The van der Waals surface area contributed by atoms with Gasteiger partial charge in [-0.1, -0.05) is 23.7 Å². The molecule has 4 nitrogen and oxygen atoms in total. The number of amides is 1. The maximum absolute atomic E-state index is 11.0. The first-order valence-corrected chi connectivity index (χ1v) is 8.23. The summed E-state index contributed by atoms with van der Waals surface area (Å²) in [6.45, 7) is 2.80. The van der Waals surface area contributed by atoms with E-state index in [1.165, 1.54) is 23.6 Å². The highest BCUT2D eigenvalue weighted by molar-refractivity contribution is 6.30. The molecule has 23 heavy (non-hydrogen) atoms. The fourth-order valence-corrected chi connectivity index (χ4v) is 3.27. The molecular weight excluding hydrogens is 310 g/mol. The van der Waals surface area contributed by atoms with E-state index in [1.54, 1.807) is 0 Å². The highest BCUT2D eigenvalue weighted by atomic mass is 35.5. The molecule has 1 aromatic carbocycles. The van der Waals surface area contributed by atoms with Gasteiger partial charge < -0.3 is 10.6 Å². The molecule has 0 spiro atoms. The van der Waals surface area contributed by atoms with Gasteiger partial charge in [0.2, 0.25) is 5.91 Å². The molecule has 1 aromatic heterocycles. The van der Waals surface area contributed by atoms with E-state index in [9.17, 15) is 4.79 Å². The van der Waals surface area contributed by atoms with E-state index >= 15 is 0 Å². The van der Waals surface area contributed by atoms with Crippen LogP contribution >= 0.6 is 11.6 Å². The number of carbonyl (C=O) groups is 1. The Morgan fingerprint density at radius 3 is 2.91 bits per heavy atom. The fourth-order valence-electron chi connectivity index (χ4n) is 3.07. The number of carbonyl (C=O) groups excluding carboxylic acids is 1. The van der Waals surface area contributed by atoms with Gasteiger partial charge in [-0.15, -0.1) is 0 Å². The Balaban J connectivity index is 1.90. The van der Waals surface area contributed by atoms with Gasteiger partial charge in [0.25, 0.3) is 0 Å². The van der Waals surface area contributed by atoms with E-state index in [1.807, 2.05) is 24.4 Å². The lowest BCUT2D eigenvalue weighted by molar-refractivity contribution is -0.118. The van der Waals surface area contributed by atoms with Crippen molar-refractivity contribution in [3.05, 3.63) is 63.9 Å². The zero-order chi connectivity index (χ0) is 16.2. The second-order valence-electron chi connectivity index (χ2n) is 5.76. The summed E-state index contributed by atoms with van der Waals surface area (Å²) in [6.07, 6.45) is 3.75. The molecule has 1 aliphatic rings. The second kappa shape index (κ2) is 7.11. The first kappa shape index (κ1) is 16.0. The Labute approximate surface area is 141 Å². The number of pyridine rings is 1. The number of benzene rings is 1. The Kier molecular flexibility index (Phi) is 4.94. The standard InChI is InChI=1S/C18H20ClN3O/c1-12(23)20-9-10-22-18-16-7-6-15(19)11-14(16)5-4-13-3-2-8-21-17(13)18/h2-3,6-8,11,18,22H,4-5,9-10H2,1H3,(H,20,23). The number of nitrogens with one attached hydrogen (secondary N) is 2. The van der Waals surface area contributed by atoms with E-state index in [0.717, 1.165) is 23.6 Å². The minimum Gasteiger partial charge on any atom is -0.355 e. The topological polar surface area (TPSA) is 54.0 Å². The van der Waals surface area contributed by atoms with Crippen LogP contribution in [-0.4, -0.2) is 24.0 Å². The number of hydrogen-bond donors (Lipinski definition) is 2. The van der Waals surface area contributed by atoms with E-state index in [-0.39, 0.29) is 11.9 Å². The molecule has 1 aliphatic carbocycles. The molecule has 0 radical (unpaired) electrons. The second-order valence-corrected chi connectivity index (χ2v) is 6.20. The van der Waals surface area contributed by atoms with Crippen molar-refractivity contribution < 1.29 is 4.79 Å². The Morgan fingerprint density at radius 1 is 1.26 bits per heavy atom. The van der Waals surface area contributed by atoms with Gasteiger partial charge in [-0.25, -0.2) is 0 Å². The van der Waals surface area contributed by atoms with Crippen LogP contribution in [0.15, 0.2) is 36.5 Å². The van der Waals surface area contributed by atoms with Crippen LogP contribution in [0.5, 0.6) is 0 Å². The molecule has 120 valence electrons. The van der Waals surface area contributed by atoms with Crippen molar-refractivity contribution in [1.82, 2.24) is 15.6 Å². The van der Waals surface area contributed by atoms with Gasteiger partial charge in [0.05, 0.1) is 11.7 Å². The Morgan fingerprint density at radius 2 is 2.09 bits per heavy atom. The van der Waals surface area contributed by atoms with E-state index in [0.29, 0.717) is 13.1 Å². The smallest absolute Gasteiger partial charge is 0.216 e. The number of rotatable bonds is 4. The van der Waals surface area contributed by atoms with Crippen molar-refractivity contribution >= 4 is 17.5 Å². The van der Waals surface area contributed by atoms with E-state index in [4.69, 9.17) is 11.6 Å². The Hall–Kier alpha value is -1.91. The van der Waals surface area contributed by atoms with E-state index in [2.05, 4.69) is 27.8 Å². The summed E-state index contributed by atoms with van der Waals surface area (Å²) < 4.78 is 0. The molecular formula is C18H20ClN3O. The summed E-state index contributed by atoms with van der Waals surface area (Å²) in [5.74, 6) is -0.0154. The molecule has 1 heterocycles. The lowest BCUT2D eigenvalue weighted by Gasteiger charge is -2.21. The van der Waals surface area contributed by atoms with Crippen molar-refractivity contribution in [3.63, 3.8) is 0 Å². The van der Waals surface area contributed by atoms with Crippen LogP contribution < -0.4 is 10.6 Å². The first-order chi connectivity index (χ1) is 11.1. The molecule has 2 aromatic rings. The molecule has 1 atom stereocenters. The summed E-state index contributed by atoms with van der Waals surface area (Å²) in [5, 5.41) is 7.11. The molecule has 5 heteroatoms. The van der Waals surface area contributed by atoms with Crippen molar-refractivity contribution in [2.45, 2.75) is 25.8 Å². The molecule has 0 saturated carbocycles. The van der Waals surface area contributed by atoms with Gasteiger partial charge in [-0.2, -0.15) is 0 Å². The zero-order valence-corrected chi connectivity index (χ0v) is 13.9. The van der Waals surface area contributed by atoms with Crippen LogP contribution in [0, 0.1) is 0 Å². The number of halogens is 1. The average Bonchev–Trinajstić information content (AvgIpc) is 2.68. The monoisotopic (exact) mass is 329 g/mol. The number of hydrogen-bond acceptors (Lipinski definition) is 3. The molecule has 0 fully saturated rings. The van der Waals surface area contributed by atoms with Gasteiger partial charge in [-0.05, 0) is 47.7 Å². The minimum absolute atomic E-state index is 0.0154. The van der Waals surface area contributed by atoms with Crippen LogP contribution in [0.4, 0.5) is 0 Å². The van der Waals surface area contributed by atoms with Crippen molar-refractivity contribution in [3.8, 4) is 0 Å². The fraction of sp³-hybridized carbons (Fsp3) is 0.333. The average molecular weight is 330 g/mol. The number of nitrogens with zero attached hydrogens (tertiary/aromatic N) is 1. The lowest BCUT2D eigenvalue weighted by Crippen LogP contribution is -2.33. The highest BCUT2D eigenvalue weighted by Crippen LogP contribution is 2.32. The third kappa shape index (κ3) is 3.71. The predicted molar refractivity (Wildman–Crippen MR) is 91.6 cm³/mol. The largest absolute Gasteiger partial charge is 0.355 e. The van der Waals surface area contributed by atoms with Crippen molar-refractivity contribution in [2.75, 3.05) is 13.1 Å². The van der Waals surface area contributed by atoms with Crippen LogP contribution in [0.3, 0.4) is 0 Å². The maximum Gasteiger partial charge on any atom is 0.216 e. The minimum atomic E-state index is -0.0154. The molecule has 1 amide bonds. The molecule has 0 aliphatic heterocycles. The van der Waals surface area contributed by atoms with Gasteiger partial charge in [0.1, 0.15) is 0 Å². The molecule has 0 bridgehead atoms. The van der Waals surface area contributed by atoms with Crippen LogP contribution in [-0.2, 0) is 17.6 Å². The first-order valence-electron chi connectivity index (χ1n) is 7.85. The third-order valence-corrected chi connectivity index (χ3v) is 4.36. The summed E-state index contributed by atoms with van der Waals surface area (Å²) in [4.78, 5) is 15.6. The summed E-state index contributed by atoms with van der Waals surface area (Å²) in [6, 6.07) is 10.2. The third-order valence-electron chi connectivity index (χ3n) is 4.13. The number of fused-ring (bicyclic) bond motifs is 2. The van der Waals surface area contributed by atoms with Gasteiger partial charge in [-0.3, -0.25) is 9.78 Å². The predicted octanol–water partition coefficient (Wildman–Crippen LogP) is 2.65. The maximum atomic E-state index is 11.0. The zero-order valence-electron chi connectivity index (χ0n) is 13.1. The van der Waals surface area contributed by atoms with Crippen LogP contribution in [0.2, 0.25) is 5.02 Å². The SMILES string of the molecule is CC(=O)NCCNC1c2ccc(Cl)cc2CCc2cccnc21. The molecule has 2 N–H and O–H groups in total. The van der Waals surface area contributed by atoms with E-state index < -0.39 is 0 Å². The normalized spacial score (nSPS) is 16.2. The van der Waals surface area contributed by atoms with Crippen LogP contribution in [0.25, 0.3) is 0 Å². The summed E-state index contributed by atoms with van der Waals surface area (Å²) in [7, 11) is 0. The van der Waals surface area contributed by atoms with Crippen LogP contribution in [0.1, 0.15) is 35.3 Å². The summed E-state index contributed by atoms with van der Waals surface area (Å²) in [5.41, 5.74) is 4.80. The number of aromatic nitrogens is 1. The lowest BCUT2D eigenvalue weighted by atomic mass is 9.98. The van der Waals surface area contributed by atoms with Gasteiger partial charge >= 0.3 is 0 Å². The van der Waals surface area contributed by atoms with Gasteiger partial charge in [0, 0.05) is 31.2 Å². The molecule has 0 saturated heterocycles. The Bertz CT molecular complexity index is 717. The van der Waals surface area contributed by atoms with Gasteiger partial charge in [0.15, 0.2) is 0 Å². The molecule has 3 rings (SSSR count). The highest BCUT2D eigenvalue weighted by Gasteiger charge is 2.24. The summed E-state index contributed by atoms with van der Waals surface area (Å²) >= 11 is 6.17. The van der Waals surface area contributed by atoms with Crippen molar-refractivity contribution in [1.29, 1.82) is 0 Å².